The molecule has 0 radical (unpaired) electrons. The fraction of sp³-hybridized carbons (Fsp3) is 0.867. The predicted octanol–water partition coefficient (Wildman–Crippen LogP) is 2.13. The van der Waals surface area contributed by atoms with Gasteiger partial charge in [0, 0.05) is 12.6 Å². The number of hydrogen-bond acceptors (Lipinski definition) is 3. The van der Waals surface area contributed by atoms with E-state index in [0.717, 1.165) is 12.8 Å². The highest BCUT2D eigenvalue weighted by molar-refractivity contribution is 5.75. The summed E-state index contributed by atoms with van der Waals surface area (Å²) in [5, 5.41) is 14.3. The number of rotatable bonds is 7. The minimum Gasteiger partial charge on any atom is -0.481 e. The Morgan fingerprint density at radius 3 is 2.43 bits per heavy atom. The second kappa shape index (κ2) is 8.22. The first-order valence-corrected chi connectivity index (χ1v) is 7.67. The molecule has 0 heterocycles. The van der Waals surface area contributed by atoms with Gasteiger partial charge in [-0.25, -0.2) is 4.79 Å². The number of nitrogens with one attached hydrogen (secondary N) is 2. The van der Waals surface area contributed by atoms with E-state index in [0.29, 0.717) is 19.3 Å². The third-order valence-electron chi connectivity index (χ3n) is 3.77. The maximum atomic E-state index is 11.8. The van der Waals surface area contributed by atoms with Gasteiger partial charge in [0.15, 0.2) is 0 Å². The molecule has 2 amide bonds. The lowest BCUT2D eigenvalue weighted by atomic mass is 9.85. The summed E-state index contributed by atoms with van der Waals surface area (Å²) in [4.78, 5) is 22.7. The van der Waals surface area contributed by atoms with Gasteiger partial charge in [0.2, 0.25) is 0 Å². The SMILES string of the molecule is CC(C)(C)C(CC(=O)O)NC(=O)NCCOC1CCCC1. The van der Waals surface area contributed by atoms with Crippen molar-refractivity contribution < 1.29 is 19.4 Å². The van der Waals surface area contributed by atoms with E-state index in [1.165, 1.54) is 12.8 Å². The molecule has 1 saturated carbocycles. The van der Waals surface area contributed by atoms with Gasteiger partial charge in [-0.1, -0.05) is 33.6 Å². The Kier molecular flexibility index (Phi) is 6.95. The summed E-state index contributed by atoms with van der Waals surface area (Å²) < 4.78 is 5.65. The van der Waals surface area contributed by atoms with Crippen LogP contribution in [0, 0.1) is 5.41 Å². The van der Waals surface area contributed by atoms with Gasteiger partial charge in [-0.15, -0.1) is 0 Å². The van der Waals surface area contributed by atoms with Gasteiger partial charge in [0.05, 0.1) is 19.1 Å². The van der Waals surface area contributed by atoms with E-state index in [2.05, 4.69) is 10.6 Å². The van der Waals surface area contributed by atoms with Crippen LogP contribution in [-0.2, 0) is 9.53 Å². The first-order valence-electron chi connectivity index (χ1n) is 7.67. The van der Waals surface area contributed by atoms with Crippen LogP contribution in [0.2, 0.25) is 0 Å². The van der Waals surface area contributed by atoms with Gasteiger partial charge in [0.25, 0.3) is 0 Å². The maximum Gasteiger partial charge on any atom is 0.315 e. The molecular weight excluding hydrogens is 272 g/mol. The van der Waals surface area contributed by atoms with Crippen molar-refractivity contribution in [3.63, 3.8) is 0 Å². The molecule has 6 heteroatoms. The van der Waals surface area contributed by atoms with Gasteiger partial charge in [-0.05, 0) is 18.3 Å². The summed E-state index contributed by atoms with van der Waals surface area (Å²) in [6, 6.07) is -0.753. The Morgan fingerprint density at radius 2 is 1.90 bits per heavy atom. The van der Waals surface area contributed by atoms with Crippen LogP contribution in [0.1, 0.15) is 52.9 Å². The summed E-state index contributed by atoms with van der Waals surface area (Å²) in [5.74, 6) is -0.917. The molecule has 0 bridgehead atoms. The zero-order chi connectivity index (χ0) is 15.9. The molecule has 122 valence electrons. The van der Waals surface area contributed by atoms with E-state index < -0.39 is 12.0 Å². The number of ether oxygens (including phenoxy) is 1. The molecule has 6 nitrogen and oxygen atoms in total. The minimum absolute atomic E-state index is 0.0878. The molecule has 1 fully saturated rings. The third kappa shape index (κ3) is 7.32. The van der Waals surface area contributed by atoms with Gasteiger partial charge >= 0.3 is 12.0 Å². The number of urea groups is 1. The van der Waals surface area contributed by atoms with Crippen molar-refractivity contribution in [2.45, 2.75) is 65.0 Å². The summed E-state index contributed by atoms with van der Waals surface area (Å²) in [6.07, 6.45) is 4.91. The Balaban J connectivity index is 2.24. The van der Waals surface area contributed by atoms with Crippen LogP contribution in [0.25, 0.3) is 0 Å². The van der Waals surface area contributed by atoms with Crippen LogP contribution < -0.4 is 10.6 Å². The van der Waals surface area contributed by atoms with Crippen LogP contribution in [0.4, 0.5) is 4.79 Å². The van der Waals surface area contributed by atoms with Crippen molar-refractivity contribution in [3.8, 4) is 0 Å². The molecule has 0 aromatic heterocycles. The Bertz CT molecular complexity index is 346. The van der Waals surface area contributed by atoms with Gasteiger partial charge in [0.1, 0.15) is 0 Å². The van der Waals surface area contributed by atoms with E-state index in [-0.39, 0.29) is 17.9 Å². The molecule has 1 unspecified atom stereocenters. The van der Waals surface area contributed by atoms with Crippen LogP contribution in [0.15, 0.2) is 0 Å². The van der Waals surface area contributed by atoms with Crippen molar-refractivity contribution in [2.75, 3.05) is 13.2 Å². The number of amides is 2. The summed E-state index contributed by atoms with van der Waals surface area (Å²) >= 11 is 0. The molecule has 1 atom stereocenters. The summed E-state index contributed by atoms with van der Waals surface area (Å²) in [6.45, 7) is 6.65. The zero-order valence-corrected chi connectivity index (χ0v) is 13.3. The number of carbonyl (C=O) groups excluding carboxylic acids is 1. The average Bonchev–Trinajstić information content (AvgIpc) is 2.85. The highest BCUT2D eigenvalue weighted by atomic mass is 16.5. The third-order valence-corrected chi connectivity index (χ3v) is 3.77. The van der Waals surface area contributed by atoms with E-state index in [9.17, 15) is 9.59 Å². The first-order chi connectivity index (χ1) is 9.79. The van der Waals surface area contributed by atoms with Gasteiger partial charge < -0.3 is 20.5 Å². The van der Waals surface area contributed by atoms with Crippen LogP contribution in [-0.4, -0.2) is 42.4 Å². The highest BCUT2D eigenvalue weighted by Crippen LogP contribution is 2.22. The molecule has 1 aliphatic carbocycles. The number of carboxylic acids is 1. The van der Waals surface area contributed by atoms with Crippen molar-refractivity contribution >= 4 is 12.0 Å². The second-order valence-corrected chi connectivity index (χ2v) is 6.69. The van der Waals surface area contributed by atoms with Crippen molar-refractivity contribution in [1.82, 2.24) is 10.6 Å². The number of carboxylic acid groups (broad SMARTS) is 1. The molecule has 1 rings (SSSR count). The monoisotopic (exact) mass is 300 g/mol. The molecule has 3 N–H and O–H groups in total. The lowest BCUT2D eigenvalue weighted by Crippen LogP contribution is -2.49. The minimum atomic E-state index is -0.917. The van der Waals surface area contributed by atoms with E-state index in [4.69, 9.17) is 9.84 Å². The number of hydrogen-bond donors (Lipinski definition) is 3. The fourth-order valence-corrected chi connectivity index (χ4v) is 2.40. The van der Waals surface area contributed by atoms with E-state index >= 15 is 0 Å². The smallest absolute Gasteiger partial charge is 0.315 e. The quantitative estimate of drug-likeness (QED) is 0.629. The molecule has 0 saturated heterocycles. The highest BCUT2D eigenvalue weighted by Gasteiger charge is 2.28. The number of carbonyl (C=O) groups is 2. The zero-order valence-electron chi connectivity index (χ0n) is 13.3. The largest absolute Gasteiger partial charge is 0.481 e. The molecule has 0 aromatic rings. The molecule has 0 spiro atoms. The van der Waals surface area contributed by atoms with Crippen molar-refractivity contribution in [3.05, 3.63) is 0 Å². The van der Waals surface area contributed by atoms with Crippen LogP contribution in [0.5, 0.6) is 0 Å². The molecule has 1 aliphatic rings. The topological polar surface area (TPSA) is 87.7 Å². The van der Waals surface area contributed by atoms with E-state index in [1.807, 2.05) is 20.8 Å². The Hall–Kier alpha value is -1.30. The van der Waals surface area contributed by atoms with Crippen LogP contribution in [0.3, 0.4) is 0 Å². The lowest BCUT2D eigenvalue weighted by Gasteiger charge is -2.30. The first kappa shape index (κ1) is 17.8. The lowest BCUT2D eigenvalue weighted by molar-refractivity contribution is -0.138. The Morgan fingerprint density at radius 1 is 1.29 bits per heavy atom. The van der Waals surface area contributed by atoms with Crippen molar-refractivity contribution in [1.29, 1.82) is 0 Å². The molecular formula is C15H28N2O4. The van der Waals surface area contributed by atoms with Crippen LogP contribution >= 0.6 is 0 Å². The van der Waals surface area contributed by atoms with Crippen molar-refractivity contribution in [2.24, 2.45) is 5.41 Å². The summed E-state index contributed by atoms with van der Waals surface area (Å²) in [7, 11) is 0. The van der Waals surface area contributed by atoms with Gasteiger partial charge in [-0.3, -0.25) is 4.79 Å². The van der Waals surface area contributed by atoms with E-state index in [1.54, 1.807) is 0 Å². The maximum absolute atomic E-state index is 11.8. The second-order valence-electron chi connectivity index (χ2n) is 6.69. The average molecular weight is 300 g/mol. The standard InChI is InChI=1S/C15H28N2O4/c1-15(2,3)12(10-13(18)19)17-14(20)16-8-9-21-11-6-4-5-7-11/h11-12H,4-10H2,1-3H3,(H,18,19)(H2,16,17,20). The van der Waals surface area contributed by atoms with Gasteiger partial charge in [-0.2, -0.15) is 0 Å². The Labute approximate surface area is 126 Å². The predicted molar refractivity (Wildman–Crippen MR) is 80.2 cm³/mol. The molecule has 0 aromatic carbocycles. The normalized spacial score (nSPS) is 17.5. The molecule has 21 heavy (non-hydrogen) atoms. The number of aliphatic carboxylic acids is 1. The molecule has 0 aliphatic heterocycles. The summed E-state index contributed by atoms with van der Waals surface area (Å²) in [5.41, 5.74) is -0.309. The fourth-order valence-electron chi connectivity index (χ4n) is 2.40.